The first-order valence-corrected chi connectivity index (χ1v) is 4.82. The summed E-state index contributed by atoms with van der Waals surface area (Å²) in [7, 11) is 0. The molecule has 0 spiro atoms. The quantitative estimate of drug-likeness (QED) is 0.617. The monoisotopic (exact) mass is 231 g/mol. The van der Waals surface area contributed by atoms with E-state index in [9.17, 15) is 9.59 Å². The third-order valence-corrected chi connectivity index (χ3v) is 2.02. The molecule has 0 saturated carbocycles. The Morgan fingerprint density at radius 3 is 3.00 bits per heavy atom. The van der Waals surface area contributed by atoms with Crippen LogP contribution in [0.2, 0.25) is 0 Å². The van der Waals surface area contributed by atoms with Gasteiger partial charge in [0.2, 0.25) is 0 Å². The van der Waals surface area contributed by atoms with E-state index in [1.54, 1.807) is 11.6 Å². The summed E-state index contributed by atoms with van der Waals surface area (Å²) >= 11 is 1.41. The lowest BCUT2D eigenvalue weighted by Crippen LogP contribution is -2.36. The zero-order valence-electron chi connectivity index (χ0n) is 7.60. The van der Waals surface area contributed by atoms with Gasteiger partial charge in [-0.1, -0.05) is 0 Å². The highest BCUT2D eigenvalue weighted by molar-refractivity contribution is 7.09. The normalized spacial score (nSPS) is 9.60. The number of urea groups is 1. The Bertz CT molecular complexity index is 327. The number of nitrogens with one attached hydrogen (secondary N) is 2. The fourth-order valence-corrected chi connectivity index (χ4v) is 1.25. The van der Waals surface area contributed by atoms with Gasteiger partial charge in [-0.3, -0.25) is 4.84 Å². The van der Waals surface area contributed by atoms with Gasteiger partial charge in [0.15, 0.2) is 6.61 Å². The van der Waals surface area contributed by atoms with E-state index in [2.05, 4.69) is 15.1 Å². The topological polar surface area (TPSA) is 101 Å². The minimum atomic E-state index is -1.16. The van der Waals surface area contributed by atoms with Crippen LogP contribution in [-0.4, -0.2) is 28.7 Å². The third kappa shape index (κ3) is 4.93. The van der Waals surface area contributed by atoms with Gasteiger partial charge in [0.1, 0.15) is 5.01 Å². The van der Waals surface area contributed by atoms with Crippen molar-refractivity contribution in [1.29, 1.82) is 0 Å². The van der Waals surface area contributed by atoms with Crippen molar-refractivity contribution in [3.63, 3.8) is 0 Å². The Kier molecular flexibility index (Phi) is 4.51. The van der Waals surface area contributed by atoms with Crippen molar-refractivity contribution in [2.75, 3.05) is 6.61 Å². The SMILES string of the molecule is O=C(O)CONC(=O)NCc1nccs1. The van der Waals surface area contributed by atoms with Gasteiger partial charge in [0.05, 0.1) is 6.54 Å². The Morgan fingerprint density at radius 1 is 1.60 bits per heavy atom. The Morgan fingerprint density at radius 2 is 2.40 bits per heavy atom. The number of hydrogen-bond donors (Lipinski definition) is 3. The van der Waals surface area contributed by atoms with Crippen LogP contribution in [-0.2, 0) is 16.2 Å². The lowest BCUT2D eigenvalue weighted by Gasteiger charge is -2.04. The van der Waals surface area contributed by atoms with E-state index >= 15 is 0 Å². The zero-order chi connectivity index (χ0) is 11.1. The number of hydroxylamine groups is 1. The number of carbonyl (C=O) groups is 2. The van der Waals surface area contributed by atoms with Gasteiger partial charge in [-0.2, -0.15) is 0 Å². The molecule has 2 amide bonds. The summed E-state index contributed by atoms with van der Waals surface area (Å²) in [6.07, 6.45) is 1.63. The molecule has 0 aliphatic rings. The second-order valence-electron chi connectivity index (χ2n) is 2.39. The van der Waals surface area contributed by atoms with Crippen molar-refractivity contribution in [3.05, 3.63) is 16.6 Å². The number of hydrogen-bond acceptors (Lipinski definition) is 5. The molecule has 0 fully saturated rings. The number of aromatic nitrogens is 1. The highest BCUT2D eigenvalue weighted by Crippen LogP contribution is 2.01. The summed E-state index contributed by atoms with van der Waals surface area (Å²) in [4.78, 5) is 29.3. The predicted octanol–water partition coefficient (Wildman–Crippen LogP) is -0.0415. The van der Waals surface area contributed by atoms with Crippen LogP contribution in [0.3, 0.4) is 0 Å². The molecule has 1 aromatic heterocycles. The van der Waals surface area contributed by atoms with E-state index in [1.165, 1.54) is 11.3 Å². The Hall–Kier alpha value is -1.67. The molecule has 0 saturated heterocycles. The maximum absolute atomic E-state index is 11.0. The molecule has 3 N–H and O–H groups in total. The fourth-order valence-electron chi connectivity index (χ4n) is 0.696. The molecule has 15 heavy (non-hydrogen) atoms. The van der Waals surface area contributed by atoms with Crippen LogP contribution in [0, 0.1) is 0 Å². The van der Waals surface area contributed by atoms with Gasteiger partial charge in [-0.15, -0.1) is 11.3 Å². The molecule has 0 aromatic carbocycles. The number of carboxylic acids is 1. The van der Waals surface area contributed by atoms with E-state index in [4.69, 9.17) is 5.11 Å². The molecule has 1 aromatic rings. The summed E-state index contributed by atoms with van der Waals surface area (Å²) in [5.74, 6) is -1.16. The number of nitrogens with zero attached hydrogens (tertiary/aromatic N) is 1. The maximum Gasteiger partial charge on any atom is 0.339 e. The molecule has 0 radical (unpaired) electrons. The molecule has 8 heteroatoms. The van der Waals surface area contributed by atoms with Crippen molar-refractivity contribution in [1.82, 2.24) is 15.8 Å². The fraction of sp³-hybridized carbons (Fsp3) is 0.286. The molecule has 0 unspecified atom stereocenters. The van der Waals surface area contributed by atoms with E-state index in [1.807, 2.05) is 5.48 Å². The second kappa shape index (κ2) is 5.94. The summed E-state index contributed by atoms with van der Waals surface area (Å²) in [5.41, 5.74) is 1.92. The lowest BCUT2D eigenvalue weighted by molar-refractivity contribution is -0.144. The first-order chi connectivity index (χ1) is 7.18. The van der Waals surface area contributed by atoms with Crippen molar-refractivity contribution in [2.24, 2.45) is 0 Å². The largest absolute Gasteiger partial charge is 0.479 e. The molecule has 0 aliphatic carbocycles. The van der Waals surface area contributed by atoms with Crippen LogP contribution < -0.4 is 10.8 Å². The molecular weight excluding hydrogens is 222 g/mol. The lowest BCUT2D eigenvalue weighted by atomic mass is 10.7. The zero-order valence-corrected chi connectivity index (χ0v) is 8.41. The van der Waals surface area contributed by atoms with Crippen molar-refractivity contribution >= 4 is 23.3 Å². The first-order valence-electron chi connectivity index (χ1n) is 3.94. The van der Waals surface area contributed by atoms with Gasteiger partial charge in [0, 0.05) is 11.6 Å². The smallest absolute Gasteiger partial charge is 0.339 e. The summed E-state index contributed by atoms with van der Waals surface area (Å²) in [5, 5.41) is 13.2. The number of amides is 2. The van der Waals surface area contributed by atoms with Gasteiger partial charge in [-0.05, 0) is 0 Å². The average Bonchev–Trinajstić information content (AvgIpc) is 2.66. The average molecular weight is 231 g/mol. The summed E-state index contributed by atoms with van der Waals surface area (Å²) < 4.78 is 0. The van der Waals surface area contributed by atoms with Crippen molar-refractivity contribution in [2.45, 2.75) is 6.54 Å². The number of carboxylic acid groups (broad SMARTS) is 1. The third-order valence-electron chi connectivity index (χ3n) is 1.24. The van der Waals surface area contributed by atoms with Crippen molar-refractivity contribution in [3.8, 4) is 0 Å². The Balaban J connectivity index is 2.11. The maximum atomic E-state index is 11.0. The second-order valence-corrected chi connectivity index (χ2v) is 3.37. The van der Waals surface area contributed by atoms with Gasteiger partial charge in [0.25, 0.3) is 0 Å². The first kappa shape index (κ1) is 11.4. The highest BCUT2D eigenvalue weighted by atomic mass is 32.1. The number of carbonyl (C=O) groups excluding carboxylic acids is 1. The Labute approximate surface area is 89.0 Å². The van der Waals surface area contributed by atoms with Gasteiger partial charge in [-0.25, -0.2) is 20.1 Å². The molecule has 1 rings (SSSR count). The molecule has 82 valence electrons. The van der Waals surface area contributed by atoms with Gasteiger partial charge >= 0.3 is 12.0 Å². The molecule has 0 atom stereocenters. The van der Waals surface area contributed by atoms with Crippen LogP contribution in [0.1, 0.15) is 5.01 Å². The van der Waals surface area contributed by atoms with Crippen LogP contribution in [0.15, 0.2) is 11.6 Å². The van der Waals surface area contributed by atoms with Crippen molar-refractivity contribution < 1.29 is 19.5 Å². The van der Waals surface area contributed by atoms with Crippen LogP contribution in [0.4, 0.5) is 4.79 Å². The summed E-state index contributed by atoms with van der Waals surface area (Å²) in [6, 6.07) is -0.605. The van der Waals surface area contributed by atoms with Gasteiger partial charge < -0.3 is 10.4 Å². The molecule has 7 nitrogen and oxygen atoms in total. The summed E-state index contributed by atoms with van der Waals surface area (Å²) in [6.45, 7) is -0.301. The minimum absolute atomic E-state index is 0.278. The standard InChI is InChI=1S/C7H9N3O4S/c11-6(12)4-14-10-7(13)9-3-5-8-1-2-15-5/h1-2H,3-4H2,(H,11,12)(H2,9,10,13). The van der Waals surface area contributed by atoms with Crippen LogP contribution >= 0.6 is 11.3 Å². The van der Waals surface area contributed by atoms with E-state index in [0.29, 0.717) is 0 Å². The molecular formula is C7H9N3O4S. The number of rotatable bonds is 5. The minimum Gasteiger partial charge on any atom is -0.479 e. The van der Waals surface area contributed by atoms with Crippen LogP contribution in [0.5, 0.6) is 0 Å². The van der Waals surface area contributed by atoms with E-state index in [-0.39, 0.29) is 6.54 Å². The molecule has 0 bridgehead atoms. The van der Waals surface area contributed by atoms with Crippen LogP contribution in [0.25, 0.3) is 0 Å². The molecule has 1 heterocycles. The molecule has 0 aliphatic heterocycles. The van der Waals surface area contributed by atoms with E-state index < -0.39 is 18.6 Å². The number of aliphatic carboxylic acids is 1. The number of thiazole rings is 1. The predicted molar refractivity (Wildman–Crippen MR) is 51.1 cm³/mol. The highest BCUT2D eigenvalue weighted by Gasteiger charge is 2.03. The van der Waals surface area contributed by atoms with E-state index in [0.717, 1.165) is 5.01 Å².